The maximum atomic E-state index is 12.9. The average molecular weight is 465 g/mol. The van der Waals surface area contributed by atoms with Gasteiger partial charge in [0.25, 0.3) is 5.56 Å². The Balaban J connectivity index is 1.42. The fourth-order valence-electron chi connectivity index (χ4n) is 4.09. The number of nitrogens with one attached hydrogen (secondary N) is 2. The number of sulfonamides is 1. The van der Waals surface area contributed by atoms with Gasteiger partial charge in [0.15, 0.2) is 5.82 Å². The van der Waals surface area contributed by atoms with Crippen molar-refractivity contribution in [2.45, 2.75) is 24.2 Å². The molecule has 0 aliphatic carbocycles. The lowest BCUT2D eigenvalue weighted by Crippen LogP contribution is -2.35. The fourth-order valence-corrected chi connectivity index (χ4v) is 5.61. The molecular formula is C23H24N6O3S. The molecule has 10 heteroatoms. The second-order valence-electron chi connectivity index (χ2n) is 8.13. The second-order valence-corrected chi connectivity index (χ2v) is 10.1. The van der Waals surface area contributed by atoms with E-state index >= 15 is 0 Å². The van der Waals surface area contributed by atoms with Gasteiger partial charge in [-0.3, -0.25) is 9.89 Å². The van der Waals surface area contributed by atoms with Gasteiger partial charge in [0.2, 0.25) is 10.0 Å². The molecule has 2 aromatic carbocycles. The molecule has 1 fully saturated rings. The van der Waals surface area contributed by atoms with Crippen molar-refractivity contribution in [3.63, 3.8) is 0 Å². The Hall–Kier alpha value is -3.50. The highest BCUT2D eigenvalue weighted by atomic mass is 32.2. The predicted molar refractivity (Wildman–Crippen MR) is 127 cm³/mol. The van der Waals surface area contributed by atoms with E-state index < -0.39 is 10.0 Å². The van der Waals surface area contributed by atoms with Gasteiger partial charge in [0.1, 0.15) is 0 Å². The van der Waals surface area contributed by atoms with Gasteiger partial charge in [-0.05, 0) is 54.8 Å². The van der Waals surface area contributed by atoms with E-state index in [9.17, 15) is 13.2 Å². The number of nitrogens with zero attached hydrogens (tertiary/aromatic N) is 4. The molecule has 0 atom stereocenters. The quantitative estimate of drug-likeness (QED) is 0.469. The van der Waals surface area contributed by atoms with Crippen LogP contribution in [-0.4, -0.2) is 45.6 Å². The zero-order valence-electron chi connectivity index (χ0n) is 18.2. The van der Waals surface area contributed by atoms with E-state index in [1.54, 1.807) is 48.3 Å². The molecule has 1 aliphatic heterocycles. The number of anilines is 2. The van der Waals surface area contributed by atoms with Crippen LogP contribution in [0.25, 0.3) is 22.2 Å². The van der Waals surface area contributed by atoms with Crippen LogP contribution in [-0.2, 0) is 17.1 Å². The Morgan fingerprint density at radius 1 is 1.00 bits per heavy atom. The SMILES string of the molecule is Cn1c(=O)c(Nc2ccc(S(=O)(=O)N3CCCCC3)cc2)nc2ccc(-c3cn[nH]c3)cc21. The smallest absolute Gasteiger partial charge is 0.293 e. The molecular weight excluding hydrogens is 440 g/mol. The van der Waals surface area contributed by atoms with Gasteiger partial charge < -0.3 is 9.88 Å². The molecule has 0 unspecified atom stereocenters. The summed E-state index contributed by atoms with van der Waals surface area (Å²) in [6.07, 6.45) is 6.35. The van der Waals surface area contributed by atoms with E-state index in [1.807, 2.05) is 18.2 Å². The number of benzene rings is 2. The van der Waals surface area contributed by atoms with Crippen molar-refractivity contribution in [2.75, 3.05) is 18.4 Å². The van der Waals surface area contributed by atoms with Crippen LogP contribution in [0.5, 0.6) is 0 Å². The molecule has 0 amide bonds. The summed E-state index contributed by atoms with van der Waals surface area (Å²) in [4.78, 5) is 17.7. The van der Waals surface area contributed by atoms with E-state index in [0.29, 0.717) is 29.8 Å². The highest BCUT2D eigenvalue weighted by molar-refractivity contribution is 7.89. The Bertz CT molecular complexity index is 1450. The van der Waals surface area contributed by atoms with Crippen LogP contribution in [0.3, 0.4) is 0 Å². The molecule has 2 N–H and O–H groups in total. The first-order valence-corrected chi connectivity index (χ1v) is 12.2. The van der Waals surface area contributed by atoms with Crippen molar-refractivity contribution >= 4 is 32.6 Å². The second kappa shape index (κ2) is 8.45. The third-order valence-electron chi connectivity index (χ3n) is 5.98. The molecule has 9 nitrogen and oxygen atoms in total. The molecule has 33 heavy (non-hydrogen) atoms. The summed E-state index contributed by atoms with van der Waals surface area (Å²) < 4.78 is 28.8. The lowest BCUT2D eigenvalue weighted by Gasteiger charge is -2.25. The van der Waals surface area contributed by atoms with Crippen molar-refractivity contribution in [3.8, 4) is 11.1 Å². The lowest BCUT2D eigenvalue weighted by molar-refractivity contribution is 0.346. The van der Waals surface area contributed by atoms with Crippen LogP contribution in [0.4, 0.5) is 11.5 Å². The number of aryl methyl sites for hydroxylation is 1. The van der Waals surface area contributed by atoms with Crippen LogP contribution >= 0.6 is 0 Å². The monoisotopic (exact) mass is 464 g/mol. The van der Waals surface area contributed by atoms with Gasteiger partial charge in [-0.15, -0.1) is 0 Å². The zero-order chi connectivity index (χ0) is 23.0. The Labute approximate surface area is 191 Å². The molecule has 170 valence electrons. The summed E-state index contributed by atoms with van der Waals surface area (Å²) in [5, 5.41) is 9.79. The van der Waals surface area contributed by atoms with E-state index in [-0.39, 0.29) is 16.3 Å². The molecule has 1 saturated heterocycles. The first-order valence-electron chi connectivity index (χ1n) is 10.8. The molecule has 0 spiro atoms. The summed E-state index contributed by atoms with van der Waals surface area (Å²) >= 11 is 0. The number of hydrogen-bond acceptors (Lipinski definition) is 6. The maximum Gasteiger partial charge on any atom is 0.293 e. The number of aromatic nitrogens is 4. The van der Waals surface area contributed by atoms with Crippen molar-refractivity contribution < 1.29 is 8.42 Å². The molecule has 2 aromatic heterocycles. The number of rotatable bonds is 5. The van der Waals surface area contributed by atoms with E-state index in [4.69, 9.17) is 0 Å². The van der Waals surface area contributed by atoms with Gasteiger partial charge >= 0.3 is 0 Å². The van der Waals surface area contributed by atoms with Gasteiger partial charge in [0.05, 0.1) is 22.1 Å². The third kappa shape index (κ3) is 4.03. The number of H-pyrrole nitrogens is 1. The van der Waals surface area contributed by atoms with Gasteiger partial charge in [-0.25, -0.2) is 13.4 Å². The van der Waals surface area contributed by atoms with Crippen molar-refractivity contribution in [1.82, 2.24) is 24.1 Å². The van der Waals surface area contributed by atoms with E-state index in [2.05, 4.69) is 20.5 Å². The van der Waals surface area contributed by atoms with Crippen LogP contribution < -0.4 is 10.9 Å². The molecule has 4 aromatic rings. The van der Waals surface area contributed by atoms with Gasteiger partial charge in [-0.2, -0.15) is 9.40 Å². The van der Waals surface area contributed by atoms with E-state index in [1.165, 1.54) is 4.31 Å². The van der Waals surface area contributed by atoms with E-state index in [0.717, 1.165) is 30.4 Å². The topological polar surface area (TPSA) is 113 Å². The number of fused-ring (bicyclic) bond motifs is 1. The Morgan fingerprint density at radius 3 is 2.45 bits per heavy atom. The molecule has 5 rings (SSSR count). The highest BCUT2D eigenvalue weighted by Crippen LogP contribution is 2.25. The minimum atomic E-state index is -3.50. The standard InChI is InChI=1S/C23H24N6O3S/c1-28-21-13-16(17-14-24-25-15-17)5-10-20(21)27-22(23(28)30)26-18-6-8-19(9-7-18)33(31,32)29-11-3-2-4-12-29/h5-10,13-15H,2-4,11-12H2,1H3,(H,24,25)(H,26,27). The van der Waals surface area contributed by atoms with Crippen molar-refractivity contribution in [2.24, 2.45) is 7.05 Å². The van der Waals surface area contributed by atoms with Crippen LogP contribution in [0.2, 0.25) is 0 Å². The number of piperidine rings is 1. The third-order valence-corrected chi connectivity index (χ3v) is 7.89. The summed E-state index contributed by atoms with van der Waals surface area (Å²) in [5.74, 6) is 0.174. The zero-order valence-corrected chi connectivity index (χ0v) is 19.0. The Morgan fingerprint density at radius 2 is 1.76 bits per heavy atom. The van der Waals surface area contributed by atoms with Gasteiger partial charge in [-0.1, -0.05) is 12.5 Å². The molecule has 1 aliphatic rings. The van der Waals surface area contributed by atoms with Crippen LogP contribution in [0, 0.1) is 0 Å². The summed E-state index contributed by atoms with van der Waals surface area (Å²) in [5.41, 5.74) is 3.53. The van der Waals surface area contributed by atoms with Crippen LogP contribution in [0.15, 0.2) is 64.5 Å². The number of hydrogen-bond donors (Lipinski definition) is 2. The first kappa shape index (κ1) is 21.4. The van der Waals surface area contributed by atoms with Crippen molar-refractivity contribution in [3.05, 3.63) is 65.2 Å². The minimum absolute atomic E-state index is 0.174. The molecule has 0 saturated carbocycles. The first-order chi connectivity index (χ1) is 15.9. The molecule has 0 radical (unpaired) electrons. The molecule has 0 bridgehead atoms. The van der Waals surface area contributed by atoms with Crippen LogP contribution in [0.1, 0.15) is 19.3 Å². The normalized spacial score (nSPS) is 15.1. The maximum absolute atomic E-state index is 12.9. The Kier molecular flexibility index (Phi) is 5.47. The summed E-state index contributed by atoms with van der Waals surface area (Å²) in [6, 6.07) is 12.1. The van der Waals surface area contributed by atoms with Crippen molar-refractivity contribution in [1.29, 1.82) is 0 Å². The fraction of sp³-hybridized carbons (Fsp3) is 0.261. The summed E-state index contributed by atoms with van der Waals surface area (Å²) in [6.45, 7) is 1.11. The van der Waals surface area contributed by atoms with Gasteiger partial charge in [0, 0.05) is 37.6 Å². The largest absolute Gasteiger partial charge is 0.336 e. The highest BCUT2D eigenvalue weighted by Gasteiger charge is 2.25. The lowest BCUT2D eigenvalue weighted by atomic mass is 10.1. The summed E-state index contributed by atoms with van der Waals surface area (Å²) in [7, 11) is -1.80. The average Bonchev–Trinajstić information content (AvgIpc) is 3.38. The minimum Gasteiger partial charge on any atom is -0.336 e. The molecule has 3 heterocycles. The predicted octanol–water partition coefficient (Wildman–Crippen LogP) is 3.24. The number of aromatic amines is 1.